The third kappa shape index (κ3) is 7.00. The molecule has 0 unspecified atom stereocenters. The Morgan fingerprint density at radius 3 is 2.37 bits per heavy atom. The lowest BCUT2D eigenvalue weighted by atomic mass is 10.2. The topological polar surface area (TPSA) is 122 Å². The molecule has 35 heavy (non-hydrogen) atoms. The molecule has 0 radical (unpaired) electrons. The number of nitro groups is 1. The molecule has 3 aromatic rings. The van der Waals surface area contributed by atoms with Crippen molar-refractivity contribution in [2.45, 2.75) is 11.4 Å². The summed E-state index contributed by atoms with van der Waals surface area (Å²) in [4.78, 5) is 22.9. The highest BCUT2D eigenvalue weighted by Gasteiger charge is 2.27. The maximum Gasteiger partial charge on any atom is 0.270 e. The highest BCUT2D eigenvalue weighted by molar-refractivity contribution is 7.89. The average Bonchev–Trinajstić information content (AvgIpc) is 2.81. The SMILES string of the molecule is O=C(CN(Cc1ccccc1Cl)S(=O)(=O)c1ccc(Cl)cc1)N/N=C\c1cc([N+](=O)[O-])ccc1Cl. The first kappa shape index (κ1) is 26.6. The number of nitro benzene ring substituents is 1. The fourth-order valence-electron chi connectivity index (χ4n) is 2.91. The van der Waals surface area contributed by atoms with Gasteiger partial charge in [0, 0.05) is 39.3 Å². The highest BCUT2D eigenvalue weighted by atomic mass is 35.5. The Hall–Kier alpha value is -3.02. The first-order valence-electron chi connectivity index (χ1n) is 9.83. The van der Waals surface area contributed by atoms with Crippen molar-refractivity contribution < 1.29 is 18.1 Å². The van der Waals surface area contributed by atoms with E-state index in [0.717, 1.165) is 10.5 Å². The van der Waals surface area contributed by atoms with E-state index in [0.29, 0.717) is 15.6 Å². The van der Waals surface area contributed by atoms with Crippen LogP contribution in [0.3, 0.4) is 0 Å². The molecular weight excluding hydrogens is 539 g/mol. The summed E-state index contributed by atoms with van der Waals surface area (Å²) in [5.74, 6) is -0.757. The van der Waals surface area contributed by atoms with E-state index in [9.17, 15) is 23.3 Å². The molecule has 0 heterocycles. The maximum atomic E-state index is 13.3. The van der Waals surface area contributed by atoms with Gasteiger partial charge in [-0.3, -0.25) is 14.9 Å². The summed E-state index contributed by atoms with van der Waals surface area (Å²) in [7, 11) is -4.12. The fraction of sp³-hybridized carbons (Fsp3) is 0.0909. The number of hydrazone groups is 1. The molecular formula is C22H17Cl3N4O5S. The number of hydrogen-bond acceptors (Lipinski definition) is 6. The molecule has 3 aromatic carbocycles. The Kier molecular flexibility index (Phi) is 8.82. The van der Waals surface area contributed by atoms with Gasteiger partial charge in [0.1, 0.15) is 0 Å². The number of amides is 1. The van der Waals surface area contributed by atoms with Gasteiger partial charge in [0.2, 0.25) is 10.0 Å². The Morgan fingerprint density at radius 1 is 1.03 bits per heavy atom. The van der Waals surface area contributed by atoms with Crippen molar-refractivity contribution in [3.63, 3.8) is 0 Å². The molecule has 0 aliphatic carbocycles. The summed E-state index contributed by atoms with van der Waals surface area (Å²) < 4.78 is 27.5. The summed E-state index contributed by atoms with van der Waals surface area (Å²) >= 11 is 18.1. The van der Waals surface area contributed by atoms with Crippen LogP contribution in [-0.2, 0) is 21.4 Å². The van der Waals surface area contributed by atoms with E-state index in [1.165, 1.54) is 42.5 Å². The first-order chi connectivity index (χ1) is 16.6. The minimum atomic E-state index is -4.12. The van der Waals surface area contributed by atoms with Crippen LogP contribution in [0.25, 0.3) is 0 Å². The smallest absolute Gasteiger partial charge is 0.270 e. The Labute approximate surface area is 216 Å². The second-order valence-electron chi connectivity index (χ2n) is 7.07. The molecule has 3 rings (SSSR count). The Balaban J connectivity index is 1.82. The van der Waals surface area contributed by atoms with E-state index in [4.69, 9.17) is 34.8 Å². The summed E-state index contributed by atoms with van der Waals surface area (Å²) in [5.41, 5.74) is 2.70. The molecule has 1 N–H and O–H groups in total. The number of nitrogens with one attached hydrogen (secondary N) is 1. The van der Waals surface area contributed by atoms with Crippen molar-refractivity contribution in [2.75, 3.05) is 6.54 Å². The van der Waals surface area contributed by atoms with Crippen molar-refractivity contribution in [3.05, 3.63) is 103 Å². The largest absolute Gasteiger partial charge is 0.272 e. The standard InChI is InChI=1S/C22H17Cl3N4O5S/c23-17-5-8-19(9-6-17)35(33,34)28(13-15-3-1-2-4-20(15)24)14-22(30)27-26-12-16-11-18(29(31)32)7-10-21(16)25/h1-12H,13-14H2,(H,27,30)/b26-12-. The van der Waals surface area contributed by atoms with Crippen molar-refractivity contribution in [2.24, 2.45) is 5.10 Å². The van der Waals surface area contributed by atoms with Crippen LogP contribution in [-0.4, -0.2) is 36.3 Å². The molecule has 0 aromatic heterocycles. The van der Waals surface area contributed by atoms with Crippen LogP contribution in [0.15, 0.2) is 76.7 Å². The predicted molar refractivity (Wildman–Crippen MR) is 134 cm³/mol. The summed E-state index contributed by atoms with van der Waals surface area (Å²) in [6.07, 6.45) is 1.12. The number of hydrogen-bond donors (Lipinski definition) is 1. The van der Waals surface area contributed by atoms with E-state index < -0.39 is 27.4 Å². The third-order valence-corrected chi connectivity index (χ3v) is 7.43. The number of sulfonamides is 1. The minimum absolute atomic E-state index is 0.0615. The number of halogens is 3. The maximum absolute atomic E-state index is 13.3. The molecule has 1 amide bonds. The van der Waals surface area contributed by atoms with Crippen LogP contribution in [0, 0.1) is 10.1 Å². The van der Waals surface area contributed by atoms with Gasteiger partial charge in [-0.05, 0) is 42.0 Å². The molecule has 13 heteroatoms. The zero-order valence-corrected chi connectivity index (χ0v) is 20.9. The Bertz CT molecular complexity index is 1380. The van der Waals surface area contributed by atoms with Crippen LogP contribution in [0.4, 0.5) is 5.69 Å². The lowest BCUT2D eigenvalue weighted by Gasteiger charge is -2.22. The summed E-state index contributed by atoms with van der Waals surface area (Å²) in [6, 6.07) is 15.9. The van der Waals surface area contributed by atoms with Gasteiger partial charge in [0.25, 0.3) is 11.6 Å². The second-order valence-corrected chi connectivity index (χ2v) is 10.3. The second kappa shape index (κ2) is 11.6. The number of nitrogens with zero attached hydrogens (tertiary/aromatic N) is 3. The van der Waals surface area contributed by atoms with Gasteiger partial charge < -0.3 is 0 Å². The molecule has 9 nitrogen and oxygen atoms in total. The number of carbonyl (C=O) groups is 1. The van der Waals surface area contributed by atoms with E-state index >= 15 is 0 Å². The third-order valence-electron chi connectivity index (χ3n) is 4.66. The number of benzene rings is 3. The predicted octanol–water partition coefficient (Wildman–Crippen LogP) is 4.90. The van der Waals surface area contributed by atoms with Crippen molar-refractivity contribution in [1.29, 1.82) is 0 Å². The molecule has 0 atom stereocenters. The number of non-ortho nitro benzene ring substituents is 1. The molecule has 182 valence electrons. The zero-order valence-electron chi connectivity index (χ0n) is 17.8. The van der Waals surface area contributed by atoms with Crippen LogP contribution < -0.4 is 5.43 Å². The van der Waals surface area contributed by atoms with Gasteiger partial charge in [-0.15, -0.1) is 0 Å². The van der Waals surface area contributed by atoms with Crippen molar-refractivity contribution >= 4 is 62.6 Å². The normalized spacial score (nSPS) is 11.7. The highest BCUT2D eigenvalue weighted by Crippen LogP contribution is 2.24. The van der Waals surface area contributed by atoms with Gasteiger partial charge in [0.05, 0.1) is 22.6 Å². The van der Waals surface area contributed by atoms with Gasteiger partial charge >= 0.3 is 0 Å². The van der Waals surface area contributed by atoms with Gasteiger partial charge in [-0.2, -0.15) is 9.41 Å². The van der Waals surface area contributed by atoms with Crippen LogP contribution in [0.1, 0.15) is 11.1 Å². The van der Waals surface area contributed by atoms with E-state index in [2.05, 4.69) is 10.5 Å². The van der Waals surface area contributed by atoms with E-state index in [1.54, 1.807) is 24.3 Å². The number of carbonyl (C=O) groups excluding carboxylic acids is 1. The molecule has 0 aliphatic rings. The van der Waals surface area contributed by atoms with Gasteiger partial charge in [-0.1, -0.05) is 53.0 Å². The molecule has 0 saturated heterocycles. The van der Waals surface area contributed by atoms with Gasteiger partial charge in [-0.25, -0.2) is 13.8 Å². The van der Waals surface area contributed by atoms with Crippen molar-refractivity contribution in [3.8, 4) is 0 Å². The van der Waals surface area contributed by atoms with Gasteiger partial charge in [0.15, 0.2) is 0 Å². The Morgan fingerprint density at radius 2 is 1.71 bits per heavy atom. The summed E-state index contributed by atoms with van der Waals surface area (Å²) in [5, 5.41) is 15.6. The van der Waals surface area contributed by atoms with E-state index in [-0.39, 0.29) is 27.7 Å². The van der Waals surface area contributed by atoms with Crippen LogP contribution >= 0.6 is 34.8 Å². The molecule has 0 fully saturated rings. The average molecular weight is 556 g/mol. The first-order valence-corrected chi connectivity index (χ1v) is 12.4. The minimum Gasteiger partial charge on any atom is -0.272 e. The molecule has 0 aliphatic heterocycles. The van der Waals surface area contributed by atoms with Crippen molar-refractivity contribution in [1.82, 2.24) is 9.73 Å². The monoisotopic (exact) mass is 554 g/mol. The lowest BCUT2D eigenvalue weighted by molar-refractivity contribution is -0.384. The molecule has 0 spiro atoms. The van der Waals surface area contributed by atoms with Crippen LogP contribution in [0.5, 0.6) is 0 Å². The zero-order chi connectivity index (χ0) is 25.6. The van der Waals surface area contributed by atoms with E-state index in [1.807, 2.05) is 0 Å². The van der Waals surface area contributed by atoms with Crippen LogP contribution in [0.2, 0.25) is 15.1 Å². The summed E-state index contributed by atoms with van der Waals surface area (Å²) in [6.45, 7) is -0.769. The molecule has 0 bridgehead atoms. The number of rotatable bonds is 9. The fourth-order valence-corrected chi connectivity index (χ4v) is 4.77. The molecule has 0 saturated carbocycles. The lowest BCUT2D eigenvalue weighted by Crippen LogP contribution is -2.39. The quantitative estimate of drug-likeness (QED) is 0.229.